The summed E-state index contributed by atoms with van der Waals surface area (Å²) in [5.41, 5.74) is 6.71. The molecule has 0 saturated heterocycles. The fourth-order valence-corrected chi connectivity index (χ4v) is 2.02. The summed E-state index contributed by atoms with van der Waals surface area (Å²) in [6.07, 6.45) is 0.564. The summed E-state index contributed by atoms with van der Waals surface area (Å²) in [5.74, 6) is -0.527. The first-order valence-corrected chi connectivity index (χ1v) is 6.53. The number of benzene rings is 2. The average Bonchev–Trinajstić information content (AvgIpc) is 2.40. The normalized spacial score (nSPS) is 10.6. The standard InChI is InChI=1S/C15H14ClF2NO/c16-15-11(2-1-3-14(15)18)9-20-13-7-10(4-5-19)6-12(17)8-13/h1-3,6-8H,4-5,9,19H2. The lowest BCUT2D eigenvalue weighted by Gasteiger charge is -2.10. The van der Waals surface area contributed by atoms with Crippen LogP contribution >= 0.6 is 11.6 Å². The molecule has 2 aromatic carbocycles. The van der Waals surface area contributed by atoms with E-state index in [4.69, 9.17) is 22.1 Å². The first kappa shape index (κ1) is 14.8. The maximum atomic E-state index is 13.4. The SMILES string of the molecule is NCCc1cc(F)cc(OCc2cccc(F)c2Cl)c1. The largest absolute Gasteiger partial charge is 0.489 e. The summed E-state index contributed by atoms with van der Waals surface area (Å²) in [5, 5.41) is 0.0195. The van der Waals surface area contributed by atoms with Gasteiger partial charge in [-0.2, -0.15) is 0 Å². The molecule has 0 aliphatic rings. The maximum absolute atomic E-state index is 13.4. The van der Waals surface area contributed by atoms with Crippen molar-refractivity contribution in [3.63, 3.8) is 0 Å². The molecule has 2 nitrogen and oxygen atoms in total. The van der Waals surface area contributed by atoms with Gasteiger partial charge in [0.25, 0.3) is 0 Å². The van der Waals surface area contributed by atoms with Gasteiger partial charge in [0.15, 0.2) is 0 Å². The minimum absolute atomic E-state index is 0.0195. The molecule has 0 atom stereocenters. The molecule has 0 aliphatic carbocycles. The van der Waals surface area contributed by atoms with E-state index in [-0.39, 0.29) is 11.6 Å². The van der Waals surface area contributed by atoms with E-state index < -0.39 is 11.6 Å². The van der Waals surface area contributed by atoms with Crippen LogP contribution in [0.15, 0.2) is 36.4 Å². The van der Waals surface area contributed by atoms with Crippen molar-refractivity contribution in [2.75, 3.05) is 6.54 Å². The number of ether oxygens (including phenoxy) is 1. The summed E-state index contributed by atoms with van der Waals surface area (Å²) in [7, 11) is 0. The molecule has 0 aliphatic heterocycles. The Balaban J connectivity index is 2.12. The zero-order valence-electron chi connectivity index (χ0n) is 10.7. The highest BCUT2D eigenvalue weighted by molar-refractivity contribution is 6.31. The first-order chi connectivity index (χ1) is 9.60. The summed E-state index contributed by atoms with van der Waals surface area (Å²) in [4.78, 5) is 0. The second-order valence-electron chi connectivity index (χ2n) is 4.34. The zero-order chi connectivity index (χ0) is 14.5. The van der Waals surface area contributed by atoms with Gasteiger partial charge in [-0.3, -0.25) is 0 Å². The minimum Gasteiger partial charge on any atom is -0.489 e. The van der Waals surface area contributed by atoms with E-state index in [1.807, 2.05) is 0 Å². The van der Waals surface area contributed by atoms with Crippen LogP contribution in [0.5, 0.6) is 5.75 Å². The lowest BCUT2D eigenvalue weighted by molar-refractivity contribution is 0.303. The molecule has 20 heavy (non-hydrogen) atoms. The van der Waals surface area contributed by atoms with E-state index in [1.165, 1.54) is 18.2 Å². The lowest BCUT2D eigenvalue weighted by atomic mass is 10.1. The smallest absolute Gasteiger partial charge is 0.142 e. The van der Waals surface area contributed by atoms with Crippen molar-refractivity contribution in [3.8, 4) is 5.75 Å². The van der Waals surface area contributed by atoms with E-state index >= 15 is 0 Å². The fourth-order valence-electron chi connectivity index (χ4n) is 1.84. The van der Waals surface area contributed by atoms with E-state index in [0.717, 1.165) is 5.56 Å². The molecule has 0 aromatic heterocycles. The molecular weight excluding hydrogens is 284 g/mol. The topological polar surface area (TPSA) is 35.2 Å². The van der Waals surface area contributed by atoms with Crippen LogP contribution < -0.4 is 10.5 Å². The molecule has 2 N–H and O–H groups in total. The lowest BCUT2D eigenvalue weighted by Crippen LogP contribution is -2.04. The van der Waals surface area contributed by atoms with Crippen molar-refractivity contribution in [3.05, 3.63) is 64.2 Å². The van der Waals surface area contributed by atoms with Crippen molar-refractivity contribution in [2.45, 2.75) is 13.0 Å². The van der Waals surface area contributed by atoms with E-state index in [0.29, 0.717) is 24.3 Å². The molecule has 0 bridgehead atoms. The van der Waals surface area contributed by atoms with Gasteiger partial charge >= 0.3 is 0 Å². The molecule has 0 fully saturated rings. The van der Waals surface area contributed by atoms with Gasteiger partial charge in [-0.05, 0) is 36.7 Å². The van der Waals surface area contributed by atoms with E-state index in [9.17, 15) is 8.78 Å². The fraction of sp³-hybridized carbons (Fsp3) is 0.200. The Labute approximate surface area is 121 Å². The molecule has 5 heteroatoms. The Kier molecular flexibility index (Phi) is 4.93. The van der Waals surface area contributed by atoms with Gasteiger partial charge in [0, 0.05) is 11.6 Å². The predicted molar refractivity (Wildman–Crippen MR) is 74.9 cm³/mol. The molecule has 0 heterocycles. The van der Waals surface area contributed by atoms with Crippen molar-refractivity contribution >= 4 is 11.6 Å². The second kappa shape index (κ2) is 6.68. The Bertz CT molecular complexity index is 604. The Morgan fingerprint density at radius 3 is 2.70 bits per heavy atom. The van der Waals surface area contributed by atoms with Gasteiger partial charge in [-0.25, -0.2) is 8.78 Å². The second-order valence-corrected chi connectivity index (χ2v) is 4.71. The molecule has 0 radical (unpaired) electrons. The van der Waals surface area contributed by atoms with Gasteiger partial charge in [0.1, 0.15) is 24.0 Å². The third kappa shape index (κ3) is 3.68. The Morgan fingerprint density at radius 2 is 1.95 bits per heavy atom. The molecule has 0 saturated carbocycles. The van der Waals surface area contributed by atoms with Crippen LogP contribution in [-0.2, 0) is 13.0 Å². The van der Waals surface area contributed by atoms with Crippen LogP contribution in [0.3, 0.4) is 0 Å². The van der Waals surface area contributed by atoms with Crippen molar-refractivity contribution in [1.82, 2.24) is 0 Å². The molecule has 0 spiro atoms. The molecule has 2 rings (SSSR count). The number of halogens is 3. The predicted octanol–water partition coefficient (Wildman–Crippen LogP) is 3.70. The quantitative estimate of drug-likeness (QED) is 0.913. The van der Waals surface area contributed by atoms with Crippen molar-refractivity contribution in [1.29, 1.82) is 0 Å². The average molecular weight is 298 g/mol. The molecule has 0 amide bonds. The van der Waals surface area contributed by atoms with Gasteiger partial charge in [0.2, 0.25) is 0 Å². The van der Waals surface area contributed by atoms with Gasteiger partial charge in [0.05, 0.1) is 5.02 Å². The van der Waals surface area contributed by atoms with Gasteiger partial charge in [-0.1, -0.05) is 23.7 Å². The van der Waals surface area contributed by atoms with Gasteiger partial charge < -0.3 is 10.5 Å². The molecule has 106 valence electrons. The van der Waals surface area contributed by atoms with E-state index in [1.54, 1.807) is 18.2 Å². The monoisotopic (exact) mass is 297 g/mol. The number of hydrogen-bond acceptors (Lipinski definition) is 2. The van der Waals surface area contributed by atoms with Crippen LogP contribution in [-0.4, -0.2) is 6.54 Å². The summed E-state index contributed by atoms with van der Waals surface area (Å²) >= 11 is 5.83. The zero-order valence-corrected chi connectivity index (χ0v) is 11.5. The number of hydrogen-bond donors (Lipinski definition) is 1. The van der Waals surface area contributed by atoms with Crippen LogP contribution in [0.1, 0.15) is 11.1 Å². The minimum atomic E-state index is -0.504. The molecule has 2 aromatic rings. The van der Waals surface area contributed by atoms with Gasteiger partial charge in [-0.15, -0.1) is 0 Å². The molecule has 0 unspecified atom stereocenters. The van der Waals surface area contributed by atoms with Crippen LogP contribution in [0, 0.1) is 11.6 Å². The highest BCUT2D eigenvalue weighted by Gasteiger charge is 2.07. The third-order valence-electron chi connectivity index (χ3n) is 2.79. The number of rotatable bonds is 5. The Hall–Kier alpha value is -1.65. The number of nitrogens with two attached hydrogens (primary N) is 1. The maximum Gasteiger partial charge on any atom is 0.142 e. The summed E-state index contributed by atoms with van der Waals surface area (Å²) < 4.78 is 32.1. The Morgan fingerprint density at radius 1 is 1.15 bits per heavy atom. The van der Waals surface area contributed by atoms with Crippen LogP contribution in [0.2, 0.25) is 5.02 Å². The van der Waals surface area contributed by atoms with Crippen LogP contribution in [0.25, 0.3) is 0 Å². The highest BCUT2D eigenvalue weighted by atomic mass is 35.5. The summed E-state index contributed by atoms with van der Waals surface area (Å²) in [6.45, 7) is 0.501. The van der Waals surface area contributed by atoms with Crippen LogP contribution in [0.4, 0.5) is 8.78 Å². The van der Waals surface area contributed by atoms with Crippen molar-refractivity contribution < 1.29 is 13.5 Å². The third-order valence-corrected chi connectivity index (χ3v) is 3.21. The summed E-state index contributed by atoms with van der Waals surface area (Å²) in [6, 6.07) is 8.87. The highest BCUT2D eigenvalue weighted by Crippen LogP contribution is 2.23. The first-order valence-electron chi connectivity index (χ1n) is 6.15. The van der Waals surface area contributed by atoms with E-state index in [2.05, 4.69) is 0 Å². The molecular formula is C15H14ClF2NO. The van der Waals surface area contributed by atoms with Crippen molar-refractivity contribution in [2.24, 2.45) is 5.73 Å².